The highest BCUT2D eigenvalue weighted by atomic mass is 32.1. The van der Waals surface area contributed by atoms with Crippen LogP contribution in [-0.2, 0) is 0 Å². The second-order valence-corrected chi connectivity index (χ2v) is 13.9. The molecule has 2 heterocycles. The highest BCUT2D eigenvalue weighted by Gasteiger charge is 2.24. The van der Waals surface area contributed by atoms with Crippen LogP contribution in [0.15, 0.2) is 192 Å². The summed E-state index contributed by atoms with van der Waals surface area (Å²) in [4.78, 5) is 2.43. The van der Waals surface area contributed by atoms with Gasteiger partial charge in [-0.15, -0.1) is 11.3 Å². The Labute approximate surface area is 300 Å². The highest BCUT2D eigenvalue weighted by molar-refractivity contribution is 7.26. The zero-order valence-corrected chi connectivity index (χ0v) is 28.5. The number of para-hydroxylation sites is 1. The Kier molecular flexibility index (Phi) is 7.04. The van der Waals surface area contributed by atoms with Crippen LogP contribution in [0, 0.1) is 0 Å². The normalized spacial score (nSPS) is 11.5. The second-order valence-electron chi connectivity index (χ2n) is 12.9. The van der Waals surface area contributed by atoms with Gasteiger partial charge >= 0.3 is 0 Å². The average molecular weight is 670 g/mol. The molecule has 2 aromatic heterocycles. The van der Waals surface area contributed by atoms with Gasteiger partial charge in [-0.05, 0) is 75.8 Å². The molecule has 0 saturated carbocycles. The van der Waals surface area contributed by atoms with E-state index >= 15 is 0 Å². The molecule has 0 spiro atoms. The third-order valence-corrected chi connectivity index (χ3v) is 11.1. The molecule has 0 saturated heterocycles. The number of furan rings is 1. The third-order valence-electron chi connectivity index (χ3n) is 9.87. The molecule has 0 unspecified atom stereocenters. The largest absolute Gasteiger partial charge is 0.455 e. The van der Waals surface area contributed by atoms with Gasteiger partial charge in [0.15, 0.2) is 0 Å². The molecule has 0 bridgehead atoms. The van der Waals surface area contributed by atoms with Crippen LogP contribution in [0.25, 0.3) is 75.5 Å². The number of benzene rings is 8. The van der Waals surface area contributed by atoms with Gasteiger partial charge in [-0.25, -0.2) is 0 Å². The van der Waals surface area contributed by atoms with E-state index in [1.54, 1.807) is 0 Å². The Hall–Kier alpha value is -6.42. The molecule has 3 heteroatoms. The lowest BCUT2D eigenvalue weighted by Crippen LogP contribution is -2.10. The van der Waals surface area contributed by atoms with Crippen molar-refractivity contribution in [1.82, 2.24) is 0 Å². The van der Waals surface area contributed by atoms with Crippen molar-refractivity contribution in [2.45, 2.75) is 0 Å². The predicted molar refractivity (Wildman–Crippen MR) is 218 cm³/mol. The first-order valence-corrected chi connectivity index (χ1v) is 18.1. The number of thiophene rings is 1. The summed E-state index contributed by atoms with van der Waals surface area (Å²) in [6.45, 7) is 0. The second kappa shape index (κ2) is 12.2. The van der Waals surface area contributed by atoms with Gasteiger partial charge in [0.25, 0.3) is 0 Å². The predicted octanol–water partition coefficient (Wildman–Crippen LogP) is 14.4. The molecule has 240 valence electrons. The zero-order valence-electron chi connectivity index (χ0n) is 27.7. The SMILES string of the molecule is c1ccc(-c2cccc(N(c3ccc(-c4ccccc4-c4ccccc4)cc3)c3cc4c5ccccc5oc4c4c3sc3ccccc34)c2)cc1. The summed E-state index contributed by atoms with van der Waals surface area (Å²) in [6, 6.07) is 67.3. The first kappa shape index (κ1) is 29.5. The minimum Gasteiger partial charge on any atom is -0.455 e. The number of rotatable bonds is 6. The summed E-state index contributed by atoms with van der Waals surface area (Å²) < 4.78 is 9.10. The average Bonchev–Trinajstić information content (AvgIpc) is 3.78. The fourth-order valence-electron chi connectivity index (χ4n) is 7.49. The van der Waals surface area contributed by atoms with Gasteiger partial charge in [-0.1, -0.05) is 146 Å². The maximum atomic E-state index is 6.66. The summed E-state index contributed by atoms with van der Waals surface area (Å²) in [5.41, 5.74) is 12.4. The summed E-state index contributed by atoms with van der Waals surface area (Å²) in [5, 5.41) is 4.62. The molecular formula is C48H31NOS. The molecule has 0 amide bonds. The van der Waals surface area contributed by atoms with Crippen molar-refractivity contribution in [3.05, 3.63) is 188 Å². The lowest BCUT2D eigenvalue weighted by atomic mass is 9.94. The fraction of sp³-hybridized carbons (Fsp3) is 0. The molecule has 10 aromatic rings. The standard InChI is InChI=1S/C48H31NOS/c1-3-14-32(15-4-1)35-18-13-19-37(30-35)49(36-28-26-34(27-29-36)39-21-8-7-20-38(39)33-16-5-2-6-17-33)43-31-42-40-22-9-11-24-44(40)50-47(42)46-41-23-10-12-25-45(41)51-48(43)46/h1-31H. The van der Waals surface area contributed by atoms with Gasteiger partial charge in [0.2, 0.25) is 0 Å². The number of fused-ring (bicyclic) bond motifs is 7. The van der Waals surface area contributed by atoms with E-state index in [2.05, 4.69) is 187 Å². The fourth-order valence-corrected chi connectivity index (χ4v) is 8.70. The maximum absolute atomic E-state index is 6.66. The van der Waals surface area contributed by atoms with Crippen LogP contribution < -0.4 is 4.90 Å². The van der Waals surface area contributed by atoms with Crippen LogP contribution in [0.5, 0.6) is 0 Å². The molecule has 10 rings (SSSR count). The van der Waals surface area contributed by atoms with E-state index in [1.165, 1.54) is 48.2 Å². The smallest absolute Gasteiger partial charge is 0.144 e. The van der Waals surface area contributed by atoms with Gasteiger partial charge in [-0.2, -0.15) is 0 Å². The van der Waals surface area contributed by atoms with Crippen molar-refractivity contribution in [2.24, 2.45) is 0 Å². The lowest BCUT2D eigenvalue weighted by Gasteiger charge is -2.27. The zero-order chi connectivity index (χ0) is 33.7. The van der Waals surface area contributed by atoms with E-state index in [9.17, 15) is 0 Å². The molecule has 0 aliphatic heterocycles. The summed E-state index contributed by atoms with van der Waals surface area (Å²) in [7, 11) is 0. The van der Waals surface area contributed by atoms with E-state index in [0.29, 0.717) is 0 Å². The van der Waals surface area contributed by atoms with E-state index in [4.69, 9.17) is 4.42 Å². The van der Waals surface area contributed by atoms with Crippen LogP contribution >= 0.6 is 11.3 Å². The summed E-state index contributed by atoms with van der Waals surface area (Å²) in [5.74, 6) is 0. The number of nitrogens with zero attached hydrogens (tertiary/aromatic N) is 1. The van der Waals surface area contributed by atoms with Gasteiger partial charge in [-0.3, -0.25) is 0 Å². The van der Waals surface area contributed by atoms with Crippen LogP contribution in [-0.4, -0.2) is 0 Å². The van der Waals surface area contributed by atoms with E-state index in [0.717, 1.165) is 44.4 Å². The Morgan fingerprint density at radius 2 is 1.02 bits per heavy atom. The van der Waals surface area contributed by atoms with Crippen molar-refractivity contribution in [2.75, 3.05) is 4.90 Å². The Bertz CT molecular complexity index is 2850. The molecule has 0 atom stereocenters. The molecule has 0 N–H and O–H groups in total. The van der Waals surface area contributed by atoms with Crippen molar-refractivity contribution < 1.29 is 4.42 Å². The van der Waals surface area contributed by atoms with Gasteiger partial charge < -0.3 is 9.32 Å². The number of hydrogen-bond donors (Lipinski definition) is 0. The van der Waals surface area contributed by atoms with Crippen molar-refractivity contribution in [3.63, 3.8) is 0 Å². The first-order chi connectivity index (χ1) is 25.3. The maximum Gasteiger partial charge on any atom is 0.144 e. The topological polar surface area (TPSA) is 16.4 Å². The minimum atomic E-state index is 0.903. The molecule has 8 aromatic carbocycles. The van der Waals surface area contributed by atoms with Gasteiger partial charge in [0.1, 0.15) is 11.2 Å². The summed E-state index contributed by atoms with van der Waals surface area (Å²) in [6.07, 6.45) is 0. The van der Waals surface area contributed by atoms with E-state index in [-0.39, 0.29) is 0 Å². The Morgan fingerprint density at radius 1 is 0.412 bits per heavy atom. The third kappa shape index (κ3) is 5.01. The summed E-state index contributed by atoms with van der Waals surface area (Å²) >= 11 is 1.83. The van der Waals surface area contributed by atoms with Crippen LogP contribution in [0.3, 0.4) is 0 Å². The molecule has 2 nitrogen and oxygen atoms in total. The van der Waals surface area contributed by atoms with Crippen molar-refractivity contribution in [3.8, 4) is 33.4 Å². The quantitative estimate of drug-likeness (QED) is 0.175. The first-order valence-electron chi connectivity index (χ1n) is 17.3. The Balaban J connectivity index is 1.23. The van der Waals surface area contributed by atoms with Gasteiger partial charge in [0, 0.05) is 37.6 Å². The van der Waals surface area contributed by atoms with Crippen LogP contribution in [0.1, 0.15) is 0 Å². The molecule has 0 radical (unpaired) electrons. The molecule has 0 fully saturated rings. The monoisotopic (exact) mass is 669 g/mol. The molecular weight excluding hydrogens is 639 g/mol. The highest BCUT2D eigenvalue weighted by Crippen LogP contribution is 2.50. The molecule has 0 aliphatic rings. The van der Waals surface area contributed by atoms with Crippen LogP contribution in [0.4, 0.5) is 17.1 Å². The number of anilines is 3. The molecule has 51 heavy (non-hydrogen) atoms. The van der Waals surface area contributed by atoms with Crippen molar-refractivity contribution in [1.29, 1.82) is 0 Å². The number of hydrogen-bond acceptors (Lipinski definition) is 3. The lowest BCUT2D eigenvalue weighted by molar-refractivity contribution is 0.673. The Morgan fingerprint density at radius 3 is 1.78 bits per heavy atom. The minimum absolute atomic E-state index is 0.903. The van der Waals surface area contributed by atoms with Gasteiger partial charge in [0.05, 0.1) is 10.4 Å². The van der Waals surface area contributed by atoms with Crippen LogP contribution in [0.2, 0.25) is 0 Å². The van der Waals surface area contributed by atoms with E-state index < -0.39 is 0 Å². The molecule has 0 aliphatic carbocycles. The van der Waals surface area contributed by atoms with Crippen molar-refractivity contribution >= 4 is 70.5 Å². The van der Waals surface area contributed by atoms with E-state index in [1.807, 2.05) is 17.4 Å².